The van der Waals surface area contributed by atoms with Gasteiger partial charge in [-0.05, 0) is 36.0 Å². The lowest BCUT2D eigenvalue weighted by Crippen LogP contribution is -2.57. The van der Waals surface area contributed by atoms with Crippen molar-refractivity contribution < 1.29 is 29.0 Å². The Balaban J connectivity index is 2.03. The first-order valence-corrected chi connectivity index (χ1v) is 11.6. The lowest BCUT2D eigenvalue weighted by Gasteiger charge is -2.32. The standard InChI is InChI=1S/C24H34ClN3O6/c1-23(2,3)18(20(30)27-17(21(31)32)11-14-9-10-26-19(14)29)28-22(33)34-13-24(4,5)15-7-6-8-16(25)12-15/h6-8,12,14,17-18H,9-11,13H2,1-5H3,(H,26,29)(H,27,30)(H,28,33)(H,31,32)/t14-,17?,18?/m0/s1. The van der Waals surface area contributed by atoms with E-state index < -0.39 is 46.8 Å². The number of carboxylic acid groups (broad SMARTS) is 1. The predicted molar refractivity (Wildman–Crippen MR) is 128 cm³/mol. The lowest BCUT2D eigenvalue weighted by atomic mass is 9.85. The number of aliphatic carboxylic acids is 1. The van der Waals surface area contributed by atoms with E-state index in [-0.39, 0.29) is 18.9 Å². The molecule has 1 aliphatic heterocycles. The van der Waals surface area contributed by atoms with Crippen LogP contribution >= 0.6 is 11.6 Å². The van der Waals surface area contributed by atoms with Crippen molar-refractivity contribution in [1.82, 2.24) is 16.0 Å². The molecule has 1 saturated heterocycles. The molecule has 1 aromatic rings. The molecule has 34 heavy (non-hydrogen) atoms. The number of carboxylic acids is 1. The molecule has 2 rings (SSSR count). The zero-order chi connectivity index (χ0) is 25.7. The number of rotatable bonds is 9. The van der Waals surface area contributed by atoms with Crippen molar-refractivity contribution in [2.75, 3.05) is 13.2 Å². The minimum absolute atomic E-state index is 0.0258. The van der Waals surface area contributed by atoms with Gasteiger partial charge in [0.2, 0.25) is 11.8 Å². The fourth-order valence-corrected chi connectivity index (χ4v) is 3.89. The average molecular weight is 496 g/mol. The second-order valence-electron chi connectivity index (χ2n) is 10.3. The first-order valence-electron chi connectivity index (χ1n) is 11.2. The van der Waals surface area contributed by atoms with Crippen molar-refractivity contribution in [1.29, 1.82) is 0 Å². The molecule has 0 aromatic heterocycles. The Bertz CT molecular complexity index is 928. The maximum absolute atomic E-state index is 13.0. The highest BCUT2D eigenvalue weighted by molar-refractivity contribution is 6.30. The van der Waals surface area contributed by atoms with Gasteiger partial charge in [-0.3, -0.25) is 9.59 Å². The van der Waals surface area contributed by atoms with Gasteiger partial charge >= 0.3 is 12.1 Å². The summed E-state index contributed by atoms with van der Waals surface area (Å²) in [7, 11) is 0. The zero-order valence-corrected chi connectivity index (χ0v) is 21.0. The van der Waals surface area contributed by atoms with Crippen LogP contribution in [0.2, 0.25) is 5.02 Å². The number of hydrogen-bond donors (Lipinski definition) is 4. The molecular weight excluding hydrogens is 462 g/mol. The summed E-state index contributed by atoms with van der Waals surface area (Å²) in [6.45, 7) is 9.54. The monoisotopic (exact) mass is 495 g/mol. The van der Waals surface area contributed by atoms with E-state index in [4.69, 9.17) is 16.3 Å². The number of carbonyl (C=O) groups is 4. The van der Waals surface area contributed by atoms with E-state index in [0.717, 1.165) is 5.56 Å². The number of carbonyl (C=O) groups excluding carboxylic acids is 3. The van der Waals surface area contributed by atoms with Crippen LogP contribution in [-0.4, -0.2) is 54.2 Å². The minimum atomic E-state index is -1.26. The summed E-state index contributed by atoms with van der Waals surface area (Å²) in [6, 6.07) is 4.93. The molecule has 0 aliphatic carbocycles. The van der Waals surface area contributed by atoms with Crippen molar-refractivity contribution >= 4 is 35.5 Å². The van der Waals surface area contributed by atoms with Gasteiger partial charge in [0.05, 0.1) is 0 Å². The molecule has 0 bridgehead atoms. The summed E-state index contributed by atoms with van der Waals surface area (Å²) in [5, 5.41) is 17.8. The maximum Gasteiger partial charge on any atom is 0.407 e. The van der Waals surface area contributed by atoms with Gasteiger partial charge in [-0.25, -0.2) is 9.59 Å². The predicted octanol–water partition coefficient (Wildman–Crippen LogP) is 2.85. The average Bonchev–Trinajstić information content (AvgIpc) is 3.13. The third kappa shape index (κ3) is 7.62. The number of ether oxygens (including phenoxy) is 1. The zero-order valence-electron chi connectivity index (χ0n) is 20.2. The van der Waals surface area contributed by atoms with Crippen molar-refractivity contribution in [3.63, 3.8) is 0 Å². The first-order chi connectivity index (χ1) is 15.7. The third-order valence-corrected chi connectivity index (χ3v) is 6.09. The fraction of sp³-hybridized carbons (Fsp3) is 0.583. The van der Waals surface area contributed by atoms with Crippen LogP contribution in [0.1, 0.15) is 53.0 Å². The Labute approximate surface area is 205 Å². The summed E-state index contributed by atoms with van der Waals surface area (Å²) in [6.07, 6.45) is -0.317. The first kappa shape index (κ1) is 27.4. The van der Waals surface area contributed by atoms with E-state index in [1.165, 1.54) is 0 Å². The Morgan fingerprint density at radius 2 is 1.88 bits per heavy atom. The van der Waals surface area contributed by atoms with Crippen molar-refractivity contribution in [3.8, 4) is 0 Å². The van der Waals surface area contributed by atoms with Crippen LogP contribution in [0.25, 0.3) is 0 Å². The second kappa shape index (κ2) is 11.1. The highest BCUT2D eigenvalue weighted by Gasteiger charge is 2.37. The summed E-state index contributed by atoms with van der Waals surface area (Å²) >= 11 is 6.06. The number of halogens is 1. The number of benzene rings is 1. The molecule has 188 valence electrons. The number of hydrogen-bond acceptors (Lipinski definition) is 5. The molecule has 4 N–H and O–H groups in total. The third-order valence-electron chi connectivity index (χ3n) is 5.86. The molecule has 1 heterocycles. The molecule has 1 aliphatic rings. The Kier molecular flexibility index (Phi) is 8.94. The molecule has 1 fully saturated rings. The topological polar surface area (TPSA) is 134 Å². The second-order valence-corrected chi connectivity index (χ2v) is 10.8. The summed E-state index contributed by atoms with van der Waals surface area (Å²) < 4.78 is 5.41. The molecule has 0 spiro atoms. The Hall–Kier alpha value is -2.81. The Morgan fingerprint density at radius 1 is 1.21 bits per heavy atom. The highest BCUT2D eigenvalue weighted by atomic mass is 35.5. The van der Waals surface area contributed by atoms with Crippen LogP contribution in [0.4, 0.5) is 4.79 Å². The molecule has 3 atom stereocenters. The minimum Gasteiger partial charge on any atom is -0.480 e. The molecule has 0 radical (unpaired) electrons. The van der Waals surface area contributed by atoms with Gasteiger partial charge < -0.3 is 25.8 Å². The van der Waals surface area contributed by atoms with Crippen molar-refractivity contribution in [2.24, 2.45) is 11.3 Å². The van der Waals surface area contributed by atoms with Crippen LogP contribution in [0.3, 0.4) is 0 Å². The van der Waals surface area contributed by atoms with Crippen molar-refractivity contribution in [3.05, 3.63) is 34.9 Å². The number of amides is 3. The maximum atomic E-state index is 13.0. The number of alkyl carbamates (subject to hydrolysis) is 1. The van der Waals surface area contributed by atoms with Gasteiger partial charge in [-0.1, -0.05) is 58.4 Å². The number of nitrogens with one attached hydrogen (secondary N) is 3. The largest absolute Gasteiger partial charge is 0.480 e. The fourth-order valence-electron chi connectivity index (χ4n) is 3.70. The Morgan fingerprint density at radius 3 is 2.41 bits per heavy atom. The van der Waals surface area contributed by atoms with E-state index in [1.54, 1.807) is 32.9 Å². The SMILES string of the molecule is CC(C)(COC(=O)NC(C(=O)NC(C[C@@H]1CCNC1=O)C(=O)O)C(C)(C)C)c1cccc(Cl)c1. The molecular formula is C24H34ClN3O6. The van der Waals surface area contributed by atoms with E-state index in [9.17, 15) is 24.3 Å². The quantitative estimate of drug-likeness (QED) is 0.416. The molecule has 3 amide bonds. The molecule has 2 unspecified atom stereocenters. The smallest absolute Gasteiger partial charge is 0.407 e. The van der Waals surface area contributed by atoms with Crippen molar-refractivity contribution in [2.45, 2.75) is 65.0 Å². The van der Waals surface area contributed by atoms with Gasteiger partial charge in [0, 0.05) is 22.9 Å². The van der Waals surface area contributed by atoms with Gasteiger partial charge in [0.15, 0.2) is 0 Å². The molecule has 1 aromatic carbocycles. The van der Waals surface area contributed by atoms with Crippen LogP contribution in [0, 0.1) is 11.3 Å². The van der Waals surface area contributed by atoms with Crippen LogP contribution in [0.15, 0.2) is 24.3 Å². The molecule has 9 nitrogen and oxygen atoms in total. The van der Waals surface area contributed by atoms with Gasteiger partial charge in [0.25, 0.3) is 0 Å². The normalized spacial score (nSPS) is 17.9. The van der Waals surface area contributed by atoms with Crippen LogP contribution in [0.5, 0.6) is 0 Å². The summed E-state index contributed by atoms with van der Waals surface area (Å²) in [5.41, 5.74) is -0.379. The van der Waals surface area contributed by atoms with Crippen LogP contribution in [-0.2, 0) is 24.5 Å². The summed E-state index contributed by atoms with van der Waals surface area (Å²) in [5.74, 6) is -2.62. The lowest BCUT2D eigenvalue weighted by molar-refractivity contribution is -0.143. The van der Waals surface area contributed by atoms with Gasteiger partial charge in [0.1, 0.15) is 18.7 Å². The van der Waals surface area contributed by atoms with Gasteiger partial charge in [-0.15, -0.1) is 0 Å². The van der Waals surface area contributed by atoms with E-state index in [0.29, 0.717) is 18.0 Å². The molecule has 10 heteroatoms. The van der Waals surface area contributed by atoms with E-state index in [1.807, 2.05) is 26.0 Å². The highest BCUT2D eigenvalue weighted by Crippen LogP contribution is 2.26. The van der Waals surface area contributed by atoms with Gasteiger partial charge in [-0.2, -0.15) is 0 Å². The van der Waals surface area contributed by atoms with Crippen LogP contribution < -0.4 is 16.0 Å². The molecule has 0 saturated carbocycles. The van der Waals surface area contributed by atoms with E-state index >= 15 is 0 Å². The van der Waals surface area contributed by atoms with E-state index in [2.05, 4.69) is 16.0 Å². The summed E-state index contributed by atoms with van der Waals surface area (Å²) in [4.78, 5) is 49.1.